The lowest BCUT2D eigenvalue weighted by Gasteiger charge is -2.21. The summed E-state index contributed by atoms with van der Waals surface area (Å²) in [6.07, 6.45) is 0. The van der Waals surface area contributed by atoms with Gasteiger partial charge in [0.05, 0.1) is 0 Å². The highest BCUT2D eigenvalue weighted by Crippen LogP contribution is 2.17. The summed E-state index contributed by atoms with van der Waals surface area (Å²) in [5.41, 5.74) is 1.14. The SMILES string of the molecule is CCN(C(=O)COc1cccc(C(C)=O)c1)c1ccc(F)cc1. The Balaban J connectivity index is 2.04. The Bertz CT molecular complexity index is 698. The smallest absolute Gasteiger partial charge is 0.264 e. The molecule has 0 aromatic heterocycles. The second kappa shape index (κ2) is 7.54. The Morgan fingerprint density at radius 1 is 1.13 bits per heavy atom. The number of benzene rings is 2. The van der Waals surface area contributed by atoms with Crippen LogP contribution in [0.5, 0.6) is 5.75 Å². The van der Waals surface area contributed by atoms with Crippen molar-refractivity contribution in [2.75, 3.05) is 18.1 Å². The van der Waals surface area contributed by atoms with E-state index < -0.39 is 0 Å². The minimum Gasteiger partial charge on any atom is -0.484 e. The van der Waals surface area contributed by atoms with Crippen molar-refractivity contribution in [3.63, 3.8) is 0 Å². The molecule has 0 saturated heterocycles. The van der Waals surface area contributed by atoms with Crippen molar-refractivity contribution in [2.45, 2.75) is 13.8 Å². The van der Waals surface area contributed by atoms with Gasteiger partial charge in [-0.25, -0.2) is 4.39 Å². The summed E-state index contributed by atoms with van der Waals surface area (Å²) in [6, 6.07) is 12.4. The second-order valence-electron chi connectivity index (χ2n) is 4.99. The fourth-order valence-electron chi connectivity index (χ4n) is 2.15. The molecule has 23 heavy (non-hydrogen) atoms. The number of carbonyl (C=O) groups excluding carboxylic acids is 2. The molecule has 0 aliphatic rings. The van der Waals surface area contributed by atoms with Gasteiger partial charge in [-0.15, -0.1) is 0 Å². The molecular weight excluding hydrogens is 297 g/mol. The van der Waals surface area contributed by atoms with Gasteiger partial charge in [0.1, 0.15) is 11.6 Å². The molecule has 2 aromatic carbocycles. The van der Waals surface area contributed by atoms with E-state index in [0.717, 1.165) is 0 Å². The fourth-order valence-corrected chi connectivity index (χ4v) is 2.15. The third kappa shape index (κ3) is 4.39. The molecule has 2 rings (SSSR count). The summed E-state index contributed by atoms with van der Waals surface area (Å²) >= 11 is 0. The van der Waals surface area contributed by atoms with Gasteiger partial charge in [0.2, 0.25) is 0 Å². The lowest BCUT2D eigenvalue weighted by Crippen LogP contribution is -2.34. The van der Waals surface area contributed by atoms with Gasteiger partial charge in [-0.05, 0) is 50.2 Å². The van der Waals surface area contributed by atoms with Crippen molar-refractivity contribution < 1.29 is 18.7 Å². The maximum Gasteiger partial charge on any atom is 0.264 e. The number of ether oxygens (including phenoxy) is 1. The number of nitrogens with zero attached hydrogens (tertiary/aromatic N) is 1. The Labute approximate surface area is 134 Å². The van der Waals surface area contributed by atoms with Gasteiger partial charge < -0.3 is 9.64 Å². The maximum atomic E-state index is 13.0. The molecule has 2 aromatic rings. The predicted octanol–water partition coefficient (Wildman–Crippen LogP) is 3.46. The molecule has 0 spiro atoms. The van der Waals surface area contributed by atoms with Gasteiger partial charge >= 0.3 is 0 Å². The molecule has 4 nitrogen and oxygen atoms in total. The number of Topliss-reactive ketones (excluding diaryl/α,β-unsaturated/α-hetero) is 1. The molecule has 0 fully saturated rings. The van der Waals surface area contributed by atoms with Gasteiger partial charge in [0.25, 0.3) is 5.91 Å². The van der Waals surface area contributed by atoms with Crippen LogP contribution >= 0.6 is 0 Å². The van der Waals surface area contributed by atoms with E-state index in [9.17, 15) is 14.0 Å². The van der Waals surface area contributed by atoms with E-state index in [4.69, 9.17) is 4.74 Å². The minimum atomic E-state index is -0.352. The molecule has 0 atom stereocenters. The molecule has 0 N–H and O–H groups in total. The first-order valence-corrected chi connectivity index (χ1v) is 7.31. The highest BCUT2D eigenvalue weighted by Gasteiger charge is 2.15. The molecule has 1 amide bonds. The third-order valence-corrected chi connectivity index (χ3v) is 3.36. The van der Waals surface area contributed by atoms with Crippen LogP contribution in [0.15, 0.2) is 48.5 Å². The summed E-state index contributed by atoms with van der Waals surface area (Å²) in [5.74, 6) is -0.202. The summed E-state index contributed by atoms with van der Waals surface area (Å²) in [6.45, 7) is 3.59. The molecular formula is C18H18FNO3. The van der Waals surface area contributed by atoms with E-state index in [1.54, 1.807) is 36.4 Å². The average molecular weight is 315 g/mol. The van der Waals surface area contributed by atoms with Gasteiger partial charge in [0.15, 0.2) is 12.4 Å². The Kier molecular flexibility index (Phi) is 5.46. The van der Waals surface area contributed by atoms with Gasteiger partial charge in [-0.2, -0.15) is 0 Å². The lowest BCUT2D eigenvalue weighted by atomic mass is 10.1. The zero-order chi connectivity index (χ0) is 16.8. The molecule has 120 valence electrons. The Hall–Kier alpha value is -2.69. The maximum absolute atomic E-state index is 13.0. The van der Waals surface area contributed by atoms with Crippen LogP contribution in [0.1, 0.15) is 24.2 Å². The van der Waals surface area contributed by atoms with Crippen molar-refractivity contribution in [1.82, 2.24) is 0 Å². The standard InChI is InChI=1S/C18H18FNO3/c1-3-20(16-9-7-15(19)8-10-16)18(22)12-23-17-6-4-5-14(11-17)13(2)21/h4-11H,3,12H2,1-2H3. The van der Waals surface area contributed by atoms with E-state index in [-0.39, 0.29) is 24.1 Å². The third-order valence-electron chi connectivity index (χ3n) is 3.36. The zero-order valence-corrected chi connectivity index (χ0v) is 13.1. The topological polar surface area (TPSA) is 46.6 Å². The average Bonchev–Trinajstić information content (AvgIpc) is 2.55. The number of hydrogen-bond acceptors (Lipinski definition) is 3. The van der Waals surface area contributed by atoms with Crippen LogP contribution in [0.25, 0.3) is 0 Å². The van der Waals surface area contributed by atoms with Crippen LogP contribution in [0.3, 0.4) is 0 Å². The molecule has 5 heteroatoms. The first kappa shape index (κ1) is 16.7. The molecule has 0 unspecified atom stereocenters. The lowest BCUT2D eigenvalue weighted by molar-refractivity contribution is -0.120. The van der Waals surface area contributed by atoms with Crippen molar-refractivity contribution in [2.24, 2.45) is 0 Å². The summed E-state index contributed by atoms with van der Waals surface area (Å²) < 4.78 is 18.4. The van der Waals surface area contributed by atoms with Crippen LogP contribution < -0.4 is 9.64 Å². The number of carbonyl (C=O) groups is 2. The number of anilines is 1. The Morgan fingerprint density at radius 3 is 2.43 bits per heavy atom. The van der Waals surface area contributed by atoms with Crippen LogP contribution in [0.2, 0.25) is 0 Å². The van der Waals surface area contributed by atoms with Gasteiger partial charge in [-0.3, -0.25) is 9.59 Å². The molecule has 0 aliphatic heterocycles. The van der Waals surface area contributed by atoms with E-state index in [2.05, 4.69) is 0 Å². The quantitative estimate of drug-likeness (QED) is 0.767. The van der Waals surface area contributed by atoms with Gasteiger partial charge in [-0.1, -0.05) is 12.1 Å². The molecule has 0 aliphatic carbocycles. The second-order valence-corrected chi connectivity index (χ2v) is 4.99. The van der Waals surface area contributed by atoms with Crippen LogP contribution in [0.4, 0.5) is 10.1 Å². The van der Waals surface area contributed by atoms with Crippen molar-refractivity contribution in [3.05, 3.63) is 59.9 Å². The number of likely N-dealkylation sites (N-methyl/N-ethyl adjacent to an activating group) is 1. The number of halogens is 1. The molecule has 0 bridgehead atoms. The Morgan fingerprint density at radius 2 is 1.83 bits per heavy atom. The number of rotatable bonds is 6. The summed E-state index contributed by atoms with van der Waals surface area (Å²) in [4.78, 5) is 25.1. The minimum absolute atomic E-state index is 0.0664. The normalized spacial score (nSPS) is 10.2. The van der Waals surface area contributed by atoms with E-state index in [1.165, 1.54) is 24.0 Å². The van der Waals surface area contributed by atoms with Crippen molar-refractivity contribution >= 4 is 17.4 Å². The van der Waals surface area contributed by atoms with E-state index in [1.807, 2.05) is 6.92 Å². The van der Waals surface area contributed by atoms with Gasteiger partial charge in [0, 0.05) is 17.8 Å². The van der Waals surface area contributed by atoms with Crippen LogP contribution in [-0.4, -0.2) is 24.8 Å². The molecule has 0 radical (unpaired) electrons. The predicted molar refractivity (Wildman–Crippen MR) is 86.4 cm³/mol. The monoisotopic (exact) mass is 315 g/mol. The van der Waals surface area contributed by atoms with E-state index >= 15 is 0 Å². The number of amides is 1. The summed E-state index contributed by atoms with van der Waals surface area (Å²) in [7, 11) is 0. The van der Waals surface area contributed by atoms with Crippen molar-refractivity contribution in [1.29, 1.82) is 0 Å². The first-order valence-electron chi connectivity index (χ1n) is 7.31. The highest BCUT2D eigenvalue weighted by atomic mass is 19.1. The van der Waals surface area contributed by atoms with Crippen LogP contribution in [-0.2, 0) is 4.79 Å². The zero-order valence-electron chi connectivity index (χ0n) is 13.1. The van der Waals surface area contributed by atoms with E-state index in [0.29, 0.717) is 23.5 Å². The number of hydrogen-bond donors (Lipinski definition) is 0. The molecule has 0 saturated carbocycles. The summed E-state index contributed by atoms with van der Waals surface area (Å²) in [5, 5.41) is 0. The largest absolute Gasteiger partial charge is 0.484 e. The number of ketones is 1. The molecule has 0 heterocycles. The highest BCUT2D eigenvalue weighted by molar-refractivity contribution is 5.95. The van der Waals surface area contributed by atoms with Crippen molar-refractivity contribution in [3.8, 4) is 5.75 Å². The fraction of sp³-hybridized carbons (Fsp3) is 0.222. The first-order chi connectivity index (χ1) is 11.0. The van der Waals surface area contributed by atoms with Crippen LogP contribution in [0, 0.1) is 5.82 Å².